The number of carbonyl (C=O) groups is 1. The first-order chi connectivity index (χ1) is 12.9. The Morgan fingerprint density at radius 1 is 1.22 bits per heavy atom. The Morgan fingerprint density at radius 3 is 2.63 bits per heavy atom. The standard InChI is InChI=1S/C20H15ClFNO2S2/c21-14-7-5-13(6-8-14)19-18(20(24)25)16(11-27-19)23-17(26)9-4-12-2-1-3-15(22)10-12/h1-3,5-8,10-11H,4,9H2,(H,23,26)(H,24,25). The molecule has 0 amide bonds. The fourth-order valence-corrected chi connectivity index (χ4v) is 3.98. The topological polar surface area (TPSA) is 49.3 Å². The highest BCUT2D eigenvalue weighted by atomic mass is 35.5. The molecule has 0 aliphatic rings. The summed E-state index contributed by atoms with van der Waals surface area (Å²) in [4.78, 5) is 12.9. The molecule has 0 bridgehead atoms. The van der Waals surface area contributed by atoms with E-state index in [1.54, 1.807) is 35.7 Å². The number of hydrogen-bond donors (Lipinski definition) is 2. The number of carboxylic acid groups (broad SMARTS) is 1. The van der Waals surface area contributed by atoms with Crippen molar-refractivity contribution in [2.24, 2.45) is 0 Å². The van der Waals surface area contributed by atoms with Crippen molar-refractivity contribution >= 4 is 51.8 Å². The molecule has 3 nitrogen and oxygen atoms in total. The quantitative estimate of drug-likeness (QED) is 0.462. The molecule has 3 aromatic rings. The minimum atomic E-state index is -1.03. The number of nitrogens with one attached hydrogen (secondary N) is 1. The molecule has 27 heavy (non-hydrogen) atoms. The Morgan fingerprint density at radius 2 is 1.96 bits per heavy atom. The zero-order valence-electron chi connectivity index (χ0n) is 14.0. The summed E-state index contributed by atoms with van der Waals surface area (Å²) in [6.07, 6.45) is 1.06. The number of halogens is 2. The third-order valence-corrected chi connectivity index (χ3v) is 5.50. The van der Waals surface area contributed by atoms with Crippen LogP contribution in [0.4, 0.5) is 10.1 Å². The number of carboxylic acids is 1. The average molecular weight is 420 g/mol. The van der Waals surface area contributed by atoms with Gasteiger partial charge in [-0.25, -0.2) is 9.18 Å². The van der Waals surface area contributed by atoms with E-state index in [0.29, 0.717) is 33.4 Å². The van der Waals surface area contributed by atoms with Gasteiger partial charge in [-0.2, -0.15) is 0 Å². The summed E-state index contributed by atoms with van der Waals surface area (Å²) in [7, 11) is 0. The van der Waals surface area contributed by atoms with Crippen LogP contribution in [-0.2, 0) is 6.42 Å². The second-order valence-electron chi connectivity index (χ2n) is 5.84. The molecule has 1 aromatic heterocycles. The lowest BCUT2D eigenvalue weighted by molar-refractivity contribution is 0.0699. The summed E-state index contributed by atoms with van der Waals surface area (Å²) in [6, 6.07) is 13.4. The van der Waals surface area contributed by atoms with E-state index in [1.165, 1.54) is 23.5 Å². The van der Waals surface area contributed by atoms with Gasteiger partial charge < -0.3 is 10.4 Å². The van der Waals surface area contributed by atoms with Gasteiger partial charge in [-0.15, -0.1) is 11.3 Å². The van der Waals surface area contributed by atoms with E-state index in [4.69, 9.17) is 23.8 Å². The third-order valence-electron chi connectivity index (χ3n) is 3.92. The van der Waals surface area contributed by atoms with Gasteiger partial charge in [0.15, 0.2) is 0 Å². The van der Waals surface area contributed by atoms with E-state index < -0.39 is 5.97 Å². The van der Waals surface area contributed by atoms with Gasteiger partial charge in [0.25, 0.3) is 0 Å². The van der Waals surface area contributed by atoms with Crippen LogP contribution >= 0.6 is 35.2 Å². The van der Waals surface area contributed by atoms with Crippen LogP contribution in [0.5, 0.6) is 0 Å². The molecule has 2 aromatic carbocycles. The average Bonchev–Trinajstić information content (AvgIpc) is 3.04. The summed E-state index contributed by atoms with van der Waals surface area (Å²) < 4.78 is 13.2. The highest BCUT2D eigenvalue weighted by Crippen LogP contribution is 2.36. The predicted molar refractivity (Wildman–Crippen MR) is 113 cm³/mol. The molecule has 0 saturated carbocycles. The van der Waals surface area contributed by atoms with E-state index >= 15 is 0 Å². The summed E-state index contributed by atoms with van der Waals surface area (Å²) in [5.74, 6) is -1.32. The molecule has 0 saturated heterocycles. The fourth-order valence-electron chi connectivity index (χ4n) is 2.64. The lowest BCUT2D eigenvalue weighted by Crippen LogP contribution is -2.12. The number of thiophene rings is 1. The number of anilines is 1. The Labute approximate surface area is 170 Å². The molecule has 0 aliphatic heterocycles. The first-order valence-electron chi connectivity index (χ1n) is 8.09. The summed E-state index contributed by atoms with van der Waals surface area (Å²) in [6.45, 7) is 0. The van der Waals surface area contributed by atoms with Crippen LogP contribution in [0.15, 0.2) is 53.9 Å². The van der Waals surface area contributed by atoms with E-state index in [1.807, 2.05) is 6.07 Å². The van der Waals surface area contributed by atoms with Crippen molar-refractivity contribution in [3.63, 3.8) is 0 Å². The molecule has 0 atom stereocenters. The molecule has 7 heteroatoms. The van der Waals surface area contributed by atoms with Crippen LogP contribution in [0.2, 0.25) is 5.02 Å². The van der Waals surface area contributed by atoms with E-state index in [0.717, 1.165) is 11.1 Å². The zero-order chi connectivity index (χ0) is 19.4. The van der Waals surface area contributed by atoms with Crippen LogP contribution < -0.4 is 5.32 Å². The molecular weight excluding hydrogens is 405 g/mol. The molecule has 3 rings (SSSR count). The van der Waals surface area contributed by atoms with Gasteiger partial charge in [-0.05, 0) is 41.8 Å². The van der Waals surface area contributed by atoms with Gasteiger partial charge in [0.2, 0.25) is 0 Å². The van der Waals surface area contributed by atoms with Gasteiger partial charge in [-0.3, -0.25) is 0 Å². The lowest BCUT2D eigenvalue weighted by atomic mass is 10.1. The Kier molecular flexibility index (Phi) is 6.21. The SMILES string of the molecule is O=C(O)c1c(NC(=S)CCc2cccc(F)c2)csc1-c1ccc(Cl)cc1. The fraction of sp³-hybridized carbons (Fsp3) is 0.100. The van der Waals surface area contributed by atoms with E-state index in [2.05, 4.69) is 5.32 Å². The molecule has 138 valence electrons. The van der Waals surface area contributed by atoms with Crippen LogP contribution in [0.3, 0.4) is 0 Å². The van der Waals surface area contributed by atoms with E-state index in [9.17, 15) is 14.3 Å². The maximum Gasteiger partial charge on any atom is 0.339 e. The molecule has 0 unspecified atom stereocenters. The number of hydrogen-bond acceptors (Lipinski definition) is 3. The number of aryl methyl sites for hydroxylation is 1. The zero-order valence-corrected chi connectivity index (χ0v) is 16.4. The Balaban J connectivity index is 1.75. The van der Waals surface area contributed by atoms with Crippen molar-refractivity contribution in [2.75, 3.05) is 5.32 Å². The van der Waals surface area contributed by atoms with Crippen molar-refractivity contribution < 1.29 is 14.3 Å². The third kappa shape index (κ3) is 4.91. The van der Waals surface area contributed by atoms with Crippen molar-refractivity contribution in [1.29, 1.82) is 0 Å². The largest absolute Gasteiger partial charge is 0.478 e. The minimum Gasteiger partial charge on any atom is -0.478 e. The molecule has 0 aliphatic carbocycles. The first-order valence-corrected chi connectivity index (χ1v) is 9.75. The summed E-state index contributed by atoms with van der Waals surface area (Å²) in [5.41, 5.74) is 2.25. The van der Waals surface area contributed by atoms with Crippen LogP contribution in [0.1, 0.15) is 22.3 Å². The number of rotatable bonds is 6. The van der Waals surface area contributed by atoms with Gasteiger partial charge in [0, 0.05) is 16.8 Å². The van der Waals surface area contributed by atoms with Crippen molar-refractivity contribution in [1.82, 2.24) is 0 Å². The van der Waals surface area contributed by atoms with Gasteiger partial charge in [0.05, 0.1) is 15.6 Å². The molecule has 0 radical (unpaired) electrons. The van der Waals surface area contributed by atoms with Crippen molar-refractivity contribution in [3.8, 4) is 10.4 Å². The summed E-state index contributed by atoms with van der Waals surface area (Å²) in [5, 5.41) is 15.0. The van der Waals surface area contributed by atoms with Crippen molar-refractivity contribution in [2.45, 2.75) is 12.8 Å². The smallest absolute Gasteiger partial charge is 0.339 e. The maximum absolute atomic E-state index is 13.2. The molecule has 0 spiro atoms. The minimum absolute atomic E-state index is 0.176. The second kappa shape index (κ2) is 8.61. The molecular formula is C20H15ClFNO2S2. The Hall–Kier alpha value is -2.28. The second-order valence-corrected chi connectivity index (χ2v) is 7.65. The normalized spacial score (nSPS) is 10.6. The van der Waals surface area contributed by atoms with Gasteiger partial charge >= 0.3 is 5.97 Å². The van der Waals surface area contributed by atoms with Gasteiger partial charge in [-0.1, -0.05) is 48.1 Å². The maximum atomic E-state index is 13.2. The number of thiocarbonyl (C=S) groups is 1. The number of benzene rings is 2. The van der Waals surface area contributed by atoms with Crippen LogP contribution in [0.25, 0.3) is 10.4 Å². The van der Waals surface area contributed by atoms with Crippen LogP contribution in [0, 0.1) is 5.82 Å². The lowest BCUT2D eigenvalue weighted by Gasteiger charge is -2.09. The molecule has 1 heterocycles. The van der Waals surface area contributed by atoms with Crippen molar-refractivity contribution in [3.05, 3.63) is 75.9 Å². The monoisotopic (exact) mass is 419 g/mol. The summed E-state index contributed by atoms with van der Waals surface area (Å²) >= 11 is 12.6. The first kappa shape index (κ1) is 19.5. The highest BCUT2D eigenvalue weighted by Gasteiger charge is 2.20. The Bertz CT molecular complexity index is 986. The molecule has 2 N–H and O–H groups in total. The number of aromatic carboxylic acids is 1. The van der Waals surface area contributed by atoms with E-state index in [-0.39, 0.29) is 11.4 Å². The molecule has 0 fully saturated rings. The van der Waals surface area contributed by atoms with Crippen LogP contribution in [-0.4, -0.2) is 16.1 Å². The van der Waals surface area contributed by atoms with Gasteiger partial charge in [0.1, 0.15) is 11.4 Å². The predicted octanol–water partition coefficient (Wildman–Crippen LogP) is 6.28. The highest BCUT2D eigenvalue weighted by molar-refractivity contribution is 7.80.